The Morgan fingerprint density at radius 1 is 1.40 bits per heavy atom. The van der Waals surface area contributed by atoms with Gasteiger partial charge in [0.15, 0.2) is 0 Å². The quantitative estimate of drug-likeness (QED) is 0.838. The van der Waals surface area contributed by atoms with Crippen LogP contribution in [0.4, 0.5) is 0 Å². The van der Waals surface area contributed by atoms with Crippen LogP contribution in [0.2, 0.25) is 0 Å². The summed E-state index contributed by atoms with van der Waals surface area (Å²) < 4.78 is 5.69. The molecule has 0 saturated carbocycles. The van der Waals surface area contributed by atoms with E-state index in [2.05, 4.69) is 35.3 Å². The molecule has 114 valence electrons. The molecule has 1 N–H and O–H groups in total. The third-order valence-electron chi connectivity index (χ3n) is 3.64. The number of hydrogen-bond donors (Lipinski definition) is 1. The lowest BCUT2D eigenvalue weighted by Gasteiger charge is -2.16. The van der Waals surface area contributed by atoms with Crippen LogP contribution in [-0.2, 0) is 6.54 Å². The van der Waals surface area contributed by atoms with Crippen LogP contribution in [0.3, 0.4) is 0 Å². The van der Waals surface area contributed by atoms with Gasteiger partial charge in [0, 0.05) is 13.1 Å². The van der Waals surface area contributed by atoms with E-state index < -0.39 is 0 Å². The predicted octanol–water partition coefficient (Wildman–Crippen LogP) is 2.94. The number of halogens is 1. The van der Waals surface area contributed by atoms with E-state index >= 15 is 0 Å². The minimum absolute atomic E-state index is 0. The van der Waals surface area contributed by atoms with Gasteiger partial charge in [0.2, 0.25) is 0 Å². The van der Waals surface area contributed by atoms with Crippen LogP contribution in [0.5, 0.6) is 5.75 Å². The van der Waals surface area contributed by atoms with Gasteiger partial charge in [-0.05, 0) is 56.6 Å². The molecule has 0 spiro atoms. The highest BCUT2D eigenvalue weighted by Gasteiger charge is 2.21. The maximum Gasteiger partial charge on any atom is 0.119 e. The summed E-state index contributed by atoms with van der Waals surface area (Å²) >= 11 is 0. The maximum atomic E-state index is 5.69. The maximum absolute atomic E-state index is 5.69. The van der Waals surface area contributed by atoms with Crippen LogP contribution < -0.4 is 10.1 Å². The number of nitrogens with zero attached hydrogens (tertiary/aromatic N) is 1. The van der Waals surface area contributed by atoms with E-state index in [4.69, 9.17) is 4.74 Å². The summed E-state index contributed by atoms with van der Waals surface area (Å²) in [5.74, 6) is 1.81. The van der Waals surface area contributed by atoms with Crippen molar-refractivity contribution < 1.29 is 4.74 Å². The van der Waals surface area contributed by atoms with Gasteiger partial charge in [-0.25, -0.2) is 0 Å². The summed E-state index contributed by atoms with van der Waals surface area (Å²) in [6.45, 7) is 7.54. The van der Waals surface area contributed by atoms with E-state index in [0.717, 1.165) is 37.8 Å². The normalized spacial score (nSPS) is 18.8. The molecular weight excluding hydrogens is 272 g/mol. The molecule has 0 aromatic heterocycles. The Kier molecular flexibility index (Phi) is 7.97. The molecule has 1 aromatic rings. The summed E-state index contributed by atoms with van der Waals surface area (Å²) in [4.78, 5) is 2.54. The topological polar surface area (TPSA) is 24.5 Å². The average Bonchev–Trinajstić information content (AvgIpc) is 2.85. The summed E-state index contributed by atoms with van der Waals surface area (Å²) in [7, 11) is 2.04. The van der Waals surface area contributed by atoms with E-state index in [1.807, 2.05) is 13.1 Å². The molecule has 0 radical (unpaired) electrons. The molecule has 1 atom stereocenters. The van der Waals surface area contributed by atoms with Gasteiger partial charge in [-0.1, -0.05) is 19.1 Å². The number of rotatable bonds is 7. The van der Waals surface area contributed by atoms with Gasteiger partial charge in [-0.2, -0.15) is 0 Å². The lowest BCUT2D eigenvalue weighted by Crippen LogP contribution is -2.24. The van der Waals surface area contributed by atoms with Crippen LogP contribution in [-0.4, -0.2) is 38.2 Å². The molecule has 0 aliphatic carbocycles. The Morgan fingerprint density at radius 3 is 3.00 bits per heavy atom. The van der Waals surface area contributed by atoms with Gasteiger partial charge >= 0.3 is 0 Å². The van der Waals surface area contributed by atoms with Crippen molar-refractivity contribution in [2.75, 3.05) is 33.3 Å². The van der Waals surface area contributed by atoms with Crippen molar-refractivity contribution in [2.45, 2.75) is 26.3 Å². The number of hydrogen-bond acceptors (Lipinski definition) is 3. The number of nitrogens with one attached hydrogen (secondary N) is 1. The fourth-order valence-corrected chi connectivity index (χ4v) is 2.72. The molecule has 0 bridgehead atoms. The van der Waals surface area contributed by atoms with Crippen LogP contribution in [0.15, 0.2) is 24.3 Å². The fraction of sp³-hybridized carbons (Fsp3) is 0.625. The number of likely N-dealkylation sites (tertiary alicyclic amines) is 1. The SMILES string of the molecule is CCCOc1cccc(CN2CCC(CNC)C2)c1.Cl. The smallest absolute Gasteiger partial charge is 0.119 e. The monoisotopic (exact) mass is 298 g/mol. The molecule has 1 saturated heterocycles. The first-order valence-corrected chi connectivity index (χ1v) is 7.40. The Bertz CT molecular complexity index is 386. The molecule has 0 amide bonds. The third-order valence-corrected chi connectivity index (χ3v) is 3.64. The summed E-state index contributed by atoms with van der Waals surface area (Å²) in [6, 6.07) is 8.53. The van der Waals surface area contributed by atoms with Crippen molar-refractivity contribution >= 4 is 12.4 Å². The second kappa shape index (κ2) is 9.22. The fourth-order valence-electron chi connectivity index (χ4n) is 2.72. The summed E-state index contributed by atoms with van der Waals surface area (Å²) in [6.07, 6.45) is 2.37. The Hall–Kier alpha value is -0.770. The molecular formula is C16H27ClN2O. The van der Waals surface area contributed by atoms with Gasteiger partial charge in [-0.15, -0.1) is 12.4 Å². The highest BCUT2D eigenvalue weighted by Crippen LogP contribution is 2.20. The lowest BCUT2D eigenvalue weighted by atomic mass is 10.1. The standard InChI is InChI=1S/C16H26N2O.ClH/c1-3-9-19-16-6-4-5-14(10-16)12-18-8-7-15(13-18)11-17-2;/h4-6,10,15,17H,3,7-9,11-13H2,1-2H3;1H. The first-order chi connectivity index (χ1) is 9.31. The highest BCUT2D eigenvalue weighted by atomic mass is 35.5. The van der Waals surface area contributed by atoms with Crippen molar-refractivity contribution in [3.63, 3.8) is 0 Å². The van der Waals surface area contributed by atoms with Gasteiger partial charge in [0.1, 0.15) is 5.75 Å². The zero-order valence-electron chi connectivity index (χ0n) is 12.6. The second-order valence-corrected chi connectivity index (χ2v) is 5.44. The van der Waals surface area contributed by atoms with Gasteiger partial charge in [-0.3, -0.25) is 4.90 Å². The average molecular weight is 299 g/mol. The van der Waals surface area contributed by atoms with Crippen molar-refractivity contribution in [1.82, 2.24) is 10.2 Å². The molecule has 1 aliphatic heterocycles. The summed E-state index contributed by atoms with van der Waals surface area (Å²) in [5.41, 5.74) is 1.36. The third kappa shape index (κ3) is 5.31. The van der Waals surface area contributed by atoms with Crippen LogP contribution in [0.1, 0.15) is 25.3 Å². The zero-order valence-corrected chi connectivity index (χ0v) is 13.4. The molecule has 1 aliphatic rings. The Balaban J connectivity index is 0.00000200. The molecule has 1 aromatic carbocycles. The highest BCUT2D eigenvalue weighted by molar-refractivity contribution is 5.85. The van der Waals surface area contributed by atoms with E-state index in [1.54, 1.807) is 0 Å². The largest absolute Gasteiger partial charge is 0.494 e. The van der Waals surface area contributed by atoms with Gasteiger partial charge in [0.25, 0.3) is 0 Å². The minimum Gasteiger partial charge on any atom is -0.494 e. The second-order valence-electron chi connectivity index (χ2n) is 5.44. The van der Waals surface area contributed by atoms with Gasteiger partial charge in [0.05, 0.1) is 6.61 Å². The molecule has 2 rings (SSSR count). The van der Waals surface area contributed by atoms with E-state index in [-0.39, 0.29) is 12.4 Å². The molecule has 1 heterocycles. The van der Waals surface area contributed by atoms with Crippen molar-refractivity contribution in [1.29, 1.82) is 0 Å². The van der Waals surface area contributed by atoms with E-state index in [9.17, 15) is 0 Å². The first kappa shape index (κ1) is 17.3. The minimum atomic E-state index is 0. The first-order valence-electron chi connectivity index (χ1n) is 7.40. The predicted molar refractivity (Wildman–Crippen MR) is 86.8 cm³/mol. The molecule has 20 heavy (non-hydrogen) atoms. The Labute approximate surface area is 129 Å². The summed E-state index contributed by atoms with van der Waals surface area (Å²) in [5, 5.41) is 3.28. The van der Waals surface area contributed by atoms with Crippen molar-refractivity contribution in [2.24, 2.45) is 5.92 Å². The molecule has 4 heteroatoms. The molecule has 1 fully saturated rings. The molecule has 3 nitrogen and oxygen atoms in total. The van der Waals surface area contributed by atoms with Crippen molar-refractivity contribution in [3.05, 3.63) is 29.8 Å². The molecule has 1 unspecified atom stereocenters. The lowest BCUT2D eigenvalue weighted by molar-refractivity contribution is 0.307. The van der Waals surface area contributed by atoms with Crippen LogP contribution >= 0.6 is 12.4 Å². The van der Waals surface area contributed by atoms with Crippen LogP contribution in [0.25, 0.3) is 0 Å². The van der Waals surface area contributed by atoms with E-state index in [1.165, 1.54) is 25.1 Å². The Morgan fingerprint density at radius 2 is 2.25 bits per heavy atom. The number of ether oxygens (including phenoxy) is 1. The number of benzene rings is 1. The van der Waals surface area contributed by atoms with Crippen LogP contribution in [0, 0.1) is 5.92 Å². The zero-order chi connectivity index (χ0) is 13.5. The van der Waals surface area contributed by atoms with E-state index in [0.29, 0.717) is 0 Å². The van der Waals surface area contributed by atoms with Crippen molar-refractivity contribution in [3.8, 4) is 5.75 Å². The van der Waals surface area contributed by atoms with Gasteiger partial charge < -0.3 is 10.1 Å².